The smallest absolute Gasteiger partial charge is 0.121 e. The molecule has 1 aromatic carbocycles. The normalized spacial score (nSPS) is 11.0. The van der Waals surface area contributed by atoms with Crippen molar-refractivity contribution in [3.8, 4) is 5.75 Å². The van der Waals surface area contributed by atoms with Crippen LogP contribution in [0.1, 0.15) is 33.6 Å². The van der Waals surface area contributed by atoms with Gasteiger partial charge in [0.1, 0.15) is 12.4 Å². The first-order valence-electron chi connectivity index (χ1n) is 8.29. The van der Waals surface area contributed by atoms with Gasteiger partial charge in [-0.25, -0.2) is 0 Å². The molecule has 4 heteroatoms. The summed E-state index contributed by atoms with van der Waals surface area (Å²) in [4.78, 5) is 4.54. The minimum Gasteiger partial charge on any atom is -0.513 e. The maximum Gasteiger partial charge on any atom is 0.121 e. The molecular formula is C21H23NO2S. The average Bonchev–Trinajstić information content (AvgIpc) is 2.88. The van der Waals surface area contributed by atoms with Gasteiger partial charge in [0.25, 0.3) is 0 Å². The van der Waals surface area contributed by atoms with Gasteiger partial charge in [0, 0.05) is 28.1 Å². The highest BCUT2D eigenvalue weighted by atomic mass is 32.1. The molecule has 0 unspecified atom stereocenters. The Labute approximate surface area is 152 Å². The van der Waals surface area contributed by atoms with E-state index < -0.39 is 0 Å². The Kier molecular flexibility index (Phi) is 4.82. The number of benzene rings is 1. The molecule has 130 valence electrons. The SMILES string of the molecule is C=C(O)Cc1csc2cc(OCc3c(C)cc(C)nc3C)cc(C)c12. The van der Waals surface area contributed by atoms with Gasteiger partial charge in [-0.3, -0.25) is 4.98 Å². The molecule has 0 amide bonds. The van der Waals surface area contributed by atoms with Gasteiger partial charge in [-0.2, -0.15) is 0 Å². The third kappa shape index (κ3) is 3.69. The highest BCUT2D eigenvalue weighted by Crippen LogP contribution is 2.34. The number of nitrogens with zero attached hydrogens (tertiary/aromatic N) is 1. The summed E-state index contributed by atoms with van der Waals surface area (Å²) in [7, 11) is 0. The molecule has 2 aromatic heterocycles. The number of fused-ring (bicyclic) bond motifs is 1. The first-order chi connectivity index (χ1) is 11.8. The largest absolute Gasteiger partial charge is 0.513 e. The van der Waals surface area contributed by atoms with Gasteiger partial charge in [-0.1, -0.05) is 6.58 Å². The third-order valence-electron chi connectivity index (χ3n) is 4.38. The topological polar surface area (TPSA) is 42.4 Å². The Balaban J connectivity index is 1.87. The summed E-state index contributed by atoms with van der Waals surface area (Å²) in [5.74, 6) is 1.05. The van der Waals surface area contributed by atoms with Gasteiger partial charge in [0.15, 0.2) is 0 Å². The molecule has 3 aromatic rings. The molecule has 25 heavy (non-hydrogen) atoms. The molecule has 0 atom stereocenters. The number of aliphatic hydroxyl groups excluding tert-OH is 1. The van der Waals surface area contributed by atoms with Crippen LogP contribution >= 0.6 is 11.3 Å². The van der Waals surface area contributed by atoms with Crippen LogP contribution in [0.25, 0.3) is 10.1 Å². The zero-order valence-electron chi connectivity index (χ0n) is 15.1. The second-order valence-electron chi connectivity index (χ2n) is 6.55. The van der Waals surface area contributed by atoms with Gasteiger partial charge < -0.3 is 9.84 Å². The molecule has 3 rings (SSSR count). The van der Waals surface area contributed by atoms with Crippen molar-refractivity contribution in [2.75, 3.05) is 0 Å². The fraction of sp³-hybridized carbons (Fsp3) is 0.286. The molecule has 2 heterocycles. The summed E-state index contributed by atoms with van der Waals surface area (Å²) in [6.07, 6.45) is 0.495. The van der Waals surface area contributed by atoms with Crippen LogP contribution in [0, 0.1) is 27.7 Å². The number of aromatic nitrogens is 1. The van der Waals surface area contributed by atoms with Crippen molar-refractivity contribution in [2.24, 2.45) is 0 Å². The lowest BCUT2D eigenvalue weighted by atomic mass is 10.0. The number of pyridine rings is 1. The van der Waals surface area contributed by atoms with Crippen molar-refractivity contribution in [3.63, 3.8) is 0 Å². The lowest BCUT2D eigenvalue weighted by Gasteiger charge is -2.13. The maximum atomic E-state index is 9.49. The van der Waals surface area contributed by atoms with Crippen LogP contribution in [0.4, 0.5) is 0 Å². The number of rotatable bonds is 5. The molecule has 0 fully saturated rings. The summed E-state index contributed by atoms with van der Waals surface area (Å²) in [5.41, 5.74) is 6.68. The van der Waals surface area contributed by atoms with Crippen molar-refractivity contribution in [2.45, 2.75) is 40.7 Å². The minimum absolute atomic E-state index is 0.192. The van der Waals surface area contributed by atoms with E-state index in [1.54, 1.807) is 11.3 Å². The van der Waals surface area contributed by atoms with Gasteiger partial charge in [0.2, 0.25) is 0 Å². The van der Waals surface area contributed by atoms with Crippen molar-refractivity contribution >= 4 is 21.4 Å². The highest BCUT2D eigenvalue weighted by Gasteiger charge is 2.11. The van der Waals surface area contributed by atoms with Gasteiger partial charge in [0.05, 0.1) is 5.76 Å². The van der Waals surface area contributed by atoms with Gasteiger partial charge >= 0.3 is 0 Å². The minimum atomic E-state index is 0.192. The van der Waals surface area contributed by atoms with Gasteiger partial charge in [-0.05, 0) is 73.4 Å². The Hall–Kier alpha value is -2.33. The van der Waals surface area contributed by atoms with Crippen LogP contribution in [0.2, 0.25) is 0 Å². The Morgan fingerprint density at radius 3 is 2.60 bits per heavy atom. The van der Waals surface area contributed by atoms with E-state index in [0.29, 0.717) is 13.0 Å². The number of aliphatic hydroxyl groups is 1. The fourth-order valence-corrected chi connectivity index (χ4v) is 4.34. The molecule has 0 spiro atoms. The standard InChI is InChI=1S/C21H23NO2S/c1-12-6-14(3)22-16(5)19(12)10-24-18-7-13(2)21-17(8-15(4)23)11-25-20(21)9-18/h6-7,9,11,23H,4,8,10H2,1-3,5H3. The first kappa shape index (κ1) is 17.5. The number of ether oxygens (including phenoxy) is 1. The van der Waals surface area contributed by atoms with Crippen molar-refractivity contribution in [3.05, 3.63) is 69.6 Å². The molecule has 0 bridgehead atoms. The number of aryl methyl sites for hydroxylation is 4. The Morgan fingerprint density at radius 2 is 1.92 bits per heavy atom. The maximum absolute atomic E-state index is 9.49. The zero-order valence-corrected chi connectivity index (χ0v) is 16.0. The number of hydrogen-bond donors (Lipinski definition) is 1. The third-order valence-corrected chi connectivity index (χ3v) is 5.36. The van der Waals surface area contributed by atoms with Crippen LogP contribution in [-0.2, 0) is 13.0 Å². The van der Waals surface area contributed by atoms with Crippen LogP contribution < -0.4 is 4.74 Å². The Morgan fingerprint density at radius 1 is 1.16 bits per heavy atom. The van der Waals surface area contributed by atoms with Gasteiger partial charge in [-0.15, -0.1) is 11.3 Å². The molecule has 0 saturated carbocycles. The fourth-order valence-electron chi connectivity index (χ4n) is 3.28. The predicted octanol–water partition coefficient (Wildman–Crippen LogP) is 5.72. The quantitative estimate of drug-likeness (QED) is 0.596. The molecule has 1 N–H and O–H groups in total. The summed E-state index contributed by atoms with van der Waals surface area (Å²) >= 11 is 1.67. The zero-order chi connectivity index (χ0) is 18.1. The molecule has 3 nitrogen and oxygen atoms in total. The van der Waals surface area contributed by atoms with E-state index in [1.807, 2.05) is 13.8 Å². The molecule has 0 saturated heterocycles. The van der Waals surface area contributed by atoms with E-state index in [4.69, 9.17) is 4.74 Å². The lowest BCUT2D eigenvalue weighted by molar-refractivity contribution is 0.304. The second-order valence-corrected chi connectivity index (χ2v) is 7.46. The van der Waals surface area contributed by atoms with E-state index in [0.717, 1.165) is 33.8 Å². The summed E-state index contributed by atoms with van der Waals surface area (Å²) in [6, 6.07) is 6.22. The van der Waals surface area contributed by atoms with E-state index >= 15 is 0 Å². The van der Waals surface area contributed by atoms with Crippen molar-refractivity contribution < 1.29 is 9.84 Å². The lowest BCUT2D eigenvalue weighted by Crippen LogP contribution is -2.03. The average molecular weight is 353 g/mol. The molecule has 0 radical (unpaired) electrons. The molecule has 0 aliphatic carbocycles. The number of hydrogen-bond acceptors (Lipinski definition) is 4. The first-order valence-corrected chi connectivity index (χ1v) is 9.17. The van der Waals surface area contributed by atoms with E-state index in [9.17, 15) is 5.11 Å². The Bertz CT molecular complexity index is 933. The van der Waals surface area contributed by atoms with Crippen LogP contribution in [0.15, 0.2) is 35.9 Å². The van der Waals surface area contributed by atoms with Crippen LogP contribution in [0.3, 0.4) is 0 Å². The number of allylic oxidation sites excluding steroid dienone is 1. The molecular weight excluding hydrogens is 330 g/mol. The van der Waals surface area contributed by atoms with E-state index in [1.165, 1.54) is 15.6 Å². The van der Waals surface area contributed by atoms with Crippen molar-refractivity contribution in [1.29, 1.82) is 0 Å². The predicted molar refractivity (Wildman–Crippen MR) is 105 cm³/mol. The van der Waals surface area contributed by atoms with Crippen LogP contribution in [-0.4, -0.2) is 10.1 Å². The number of thiophene rings is 1. The van der Waals surface area contributed by atoms with E-state index in [2.05, 4.69) is 49.0 Å². The van der Waals surface area contributed by atoms with Crippen molar-refractivity contribution in [1.82, 2.24) is 4.98 Å². The molecule has 0 aliphatic heterocycles. The monoisotopic (exact) mass is 353 g/mol. The summed E-state index contributed by atoms with van der Waals surface area (Å²) in [5, 5.41) is 12.8. The summed E-state index contributed by atoms with van der Waals surface area (Å²) in [6.45, 7) is 12.3. The van der Waals surface area contributed by atoms with E-state index in [-0.39, 0.29) is 5.76 Å². The highest BCUT2D eigenvalue weighted by molar-refractivity contribution is 7.17. The second kappa shape index (κ2) is 6.89. The summed E-state index contributed by atoms with van der Waals surface area (Å²) < 4.78 is 7.24. The van der Waals surface area contributed by atoms with Crippen LogP contribution in [0.5, 0.6) is 5.75 Å². The molecule has 0 aliphatic rings.